The highest BCUT2D eigenvalue weighted by molar-refractivity contribution is 7.07. The summed E-state index contributed by atoms with van der Waals surface area (Å²) < 4.78 is 1.81. The lowest BCUT2D eigenvalue weighted by atomic mass is 9.98. The highest BCUT2D eigenvalue weighted by atomic mass is 32.1. The molecule has 1 atom stereocenters. The number of aromatic nitrogens is 3. The summed E-state index contributed by atoms with van der Waals surface area (Å²) in [6, 6.07) is 16.9. The van der Waals surface area contributed by atoms with E-state index in [1.165, 1.54) is 0 Å². The summed E-state index contributed by atoms with van der Waals surface area (Å²) in [6.45, 7) is 4.98. The van der Waals surface area contributed by atoms with Crippen molar-refractivity contribution in [3.05, 3.63) is 99.8 Å². The minimum absolute atomic E-state index is 0.0812. The summed E-state index contributed by atoms with van der Waals surface area (Å²) in [4.78, 5) is 32.6. The number of benzene rings is 2. The lowest BCUT2D eigenvalue weighted by Crippen LogP contribution is -2.30. The first-order valence-corrected chi connectivity index (χ1v) is 12.2. The summed E-state index contributed by atoms with van der Waals surface area (Å²) in [5.74, 6) is 0.199. The summed E-state index contributed by atoms with van der Waals surface area (Å²) in [6.07, 6.45) is 1.72. The zero-order chi connectivity index (χ0) is 23.7. The van der Waals surface area contributed by atoms with Crippen LogP contribution in [0.1, 0.15) is 63.5 Å². The second kappa shape index (κ2) is 9.23. The van der Waals surface area contributed by atoms with Gasteiger partial charge >= 0.3 is 0 Å². The van der Waals surface area contributed by atoms with Gasteiger partial charge in [-0.25, -0.2) is 4.98 Å². The first-order valence-electron chi connectivity index (χ1n) is 11.2. The molecule has 1 aliphatic heterocycles. The Bertz CT molecular complexity index is 1310. The van der Waals surface area contributed by atoms with E-state index in [9.17, 15) is 9.59 Å². The zero-order valence-electron chi connectivity index (χ0n) is 19.0. The number of hydrogen-bond donors (Lipinski definition) is 1. The van der Waals surface area contributed by atoms with Gasteiger partial charge in [-0.15, -0.1) is 0 Å². The molecule has 0 radical (unpaired) electrons. The Morgan fingerprint density at radius 1 is 1.12 bits per heavy atom. The predicted octanol–water partition coefficient (Wildman–Crippen LogP) is 4.64. The van der Waals surface area contributed by atoms with Crippen molar-refractivity contribution in [2.24, 2.45) is 0 Å². The number of nitrogens with zero attached hydrogens (tertiary/aromatic N) is 4. The van der Waals surface area contributed by atoms with Gasteiger partial charge in [-0.1, -0.05) is 18.2 Å². The Kier molecular flexibility index (Phi) is 5.98. The van der Waals surface area contributed by atoms with Gasteiger partial charge in [0.05, 0.1) is 5.92 Å². The van der Waals surface area contributed by atoms with Gasteiger partial charge in [0.1, 0.15) is 6.33 Å². The molecule has 8 heteroatoms. The Morgan fingerprint density at radius 2 is 1.94 bits per heavy atom. The molecule has 2 amide bonds. The van der Waals surface area contributed by atoms with Crippen LogP contribution in [0.5, 0.6) is 0 Å². The second-order valence-electron chi connectivity index (χ2n) is 8.60. The van der Waals surface area contributed by atoms with E-state index in [0.717, 1.165) is 16.8 Å². The van der Waals surface area contributed by atoms with E-state index >= 15 is 0 Å². The van der Waals surface area contributed by atoms with Crippen LogP contribution in [-0.2, 0) is 6.54 Å². The van der Waals surface area contributed by atoms with E-state index < -0.39 is 0 Å². The van der Waals surface area contributed by atoms with Crippen molar-refractivity contribution in [3.8, 4) is 0 Å². The number of carbonyl (C=O) groups is 2. The van der Waals surface area contributed by atoms with E-state index in [1.807, 2.05) is 77.8 Å². The first kappa shape index (κ1) is 22.0. The van der Waals surface area contributed by atoms with Crippen LogP contribution in [0.4, 0.5) is 5.69 Å². The average Bonchev–Trinajstić information content (AvgIpc) is 3.62. The molecule has 34 heavy (non-hydrogen) atoms. The van der Waals surface area contributed by atoms with Gasteiger partial charge < -0.3 is 10.2 Å². The van der Waals surface area contributed by atoms with Crippen LogP contribution < -0.4 is 10.2 Å². The largest absolute Gasteiger partial charge is 0.348 e. The van der Waals surface area contributed by atoms with Gasteiger partial charge in [0, 0.05) is 35.9 Å². The molecule has 1 aliphatic rings. The number of thiophene rings is 1. The number of nitrogens with one attached hydrogen (secondary N) is 1. The number of rotatable bonds is 6. The van der Waals surface area contributed by atoms with Crippen molar-refractivity contribution in [2.75, 3.05) is 11.4 Å². The SMILES string of the molecule is CC(C)n1cnc([C@H]2CN(C(=O)c3ccccc3)c3ccc(C(=O)NCc4ccsc4)cc32)n1. The molecule has 7 nitrogen and oxygen atoms in total. The third kappa shape index (κ3) is 4.24. The maximum absolute atomic E-state index is 13.4. The van der Waals surface area contributed by atoms with Crippen LogP contribution in [0.15, 0.2) is 71.7 Å². The fourth-order valence-electron chi connectivity index (χ4n) is 4.12. The molecule has 4 aromatic rings. The third-order valence-electron chi connectivity index (χ3n) is 5.99. The molecule has 0 bridgehead atoms. The molecular formula is C26H25N5O2S. The van der Waals surface area contributed by atoms with Gasteiger partial charge in [0.25, 0.3) is 11.8 Å². The van der Waals surface area contributed by atoms with Crippen LogP contribution in [0.3, 0.4) is 0 Å². The van der Waals surface area contributed by atoms with Crippen molar-refractivity contribution < 1.29 is 9.59 Å². The van der Waals surface area contributed by atoms with Crippen LogP contribution in [-0.4, -0.2) is 33.1 Å². The van der Waals surface area contributed by atoms with Crippen molar-refractivity contribution in [1.29, 1.82) is 0 Å². The molecule has 0 fully saturated rings. The van der Waals surface area contributed by atoms with Crippen LogP contribution >= 0.6 is 11.3 Å². The van der Waals surface area contributed by atoms with Crippen molar-refractivity contribution >= 4 is 28.8 Å². The standard InChI is InChI=1S/C26H25N5O2S/c1-17(2)31-16-28-24(29-31)22-14-30(26(33)19-6-4-3-5-7-19)23-9-8-20(12-21(22)23)25(32)27-13-18-10-11-34-15-18/h3-12,15-17,22H,13-14H2,1-2H3,(H,27,32)/t22-/m0/s1. The molecule has 0 aliphatic carbocycles. The molecule has 1 N–H and O–H groups in total. The van der Waals surface area contributed by atoms with E-state index in [-0.39, 0.29) is 23.8 Å². The Hall–Kier alpha value is -3.78. The lowest BCUT2D eigenvalue weighted by molar-refractivity contribution is 0.0949. The molecule has 0 saturated heterocycles. The van der Waals surface area contributed by atoms with E-state index in [0.29, 0.717) is 30.0 Å². The molecule has 0 spiro atoms. The zero-order valence-corrected chi connectivity index (χ0v) is 19.8. The molecule has 0 unspecified atom stereocenters. The van der Waals surface area contributed by atoms with Gasteiger partial charge in [-0.05, 0) is 72.1 Å². The number of anilines is 1. The topological polar surface area (TPSA) is 80.1 Å². The fourth-order valence-corrected chi connectivity index (χ4v) is 4.79. The smallest absolute Gasteiger partial charge is 0.258 e. The van der Waals surface area contributed by atoms with E-state index in [1.54, 1.807) is 28.6 Å². The number of fused-ring (bicyclic) bond motifs is 1. The monoisotopic (exact) mass is 471 g/mol. The minimum Gasteiger partial charge on any atom is -0.348 e. The average molecular weight is 472 g/mol. The van der Waals surface area contributed by atoms with Gasteiger partial charge in [0.15, 0.2) is 5.82 Å². The van der Waals surface area contributed by atoms with Gasteiger partial charge in [0.2, 0.25) is 0 Å². The van der Waals surface area contributed by atoms with Crippen molar-refractivity contribution in [3.63, 3.8) is 0 Å². The van der Waals surface area contributed by atoms with Gasteiger partial charge in [-0.3, -0.25) is 14.3 Å². The van der Waals surface area contributed by atoms with E-state index in [2.05, 4.69) is 15.4 Å². The Labute approximate surface area is 202 Å². The number of amides is 2. The molecular weight excluding hydrogens is 446 g/mol. The maximum Gasteiger partial charge on any atom is 0.258 e. The summed E-state index contributed by atoms with van der Waals surface area (Å²) in [5, 5.41) is 11.7. The molecule has 3 heterocycles. The molecule has 172 valence electrons. The summed E-state index contributed by atoms with van der Waals surface area (Å²) in [5.41, 5.74) is 3.91. The third-order valence-corrected chi connectivity index (χ3v) is 6.72. The van der Waals surface area contributed by atoms with Crippen LogP contribution in [0.25, 0.3) is 0 Å². The highest BCUT2D eigenvalue weighted by Crippen LogP contribution is 2.40. The first-order chi connectivity index (χ1) is 16.5. The Morgan fingerprint density at radius 3 is 2.65 bits per heavy atom. The maximum atomic E-state index is 13.4. The van der Waals surface area contributed by atoms with Crippen LogP contribution in [0.2, 0.25) is 0 Å². The van der Waals surface area contributed by atoms with Crippen LogP contribution in [0, 0.1) is 0 Å². The lowest BCUT2D eigenvalue weighted by Gasteiger charge is -2.18. The Balaban J connectivity index is 1.48. The van der Waals surface area contributed by atoms with Gasteiger partial charge in [-0.2, -0.15) is 16.4 Å². The fraction of sp³-hybridized carbons (Fsp3) is 0.231. The molecule has 5 rings (SSSR count). The number of carbonyl (C=O) groups excluding carboxylic acids is 2. The summed E-state index contributed by atoms with van der Waals surface area (Å²) >= 11 is 1.60. The number of hydrogen-bond acceptors (Lipinski definition) is 5. The predicted molar refractivity (Wildman–Crippen MR) is 132 cm³/mol. The van der Waals surface area contributed by atoms with Crippen molar-refractivity contribution in [2.45, 2.75) is 32.4 Å². The normalized spacial score (nSPS) is 14.9. The molecule has 0 saturated carbocycles. The van der Waals surface area contributed by atoms with E-state index in [4.69, 9.17) is 0 Å². The molecule has 2 aromatic heterocycles. The summed E-state index contributed by atoms with van der Waals surface area (Å²) in [7, 11) is 0. The molecule has 2 aromatic carbocycles. The second-order valence-corrected chi connectivity index (χ2v) is 9.38. The highest BCUT2D eigenvalue weighted by Gasteiger charge is 2.36. The van der Waals surface area contributed by atoms with Crippen molar-refractivity contribution in [1.82, 2.24) is 20.1 Å². The minimum atomic E-state index is -0.215. The quantitative estimate of drug-likeness (QED) is 0.444.